The van der Waals surface area contributed by atoms with Crippen molar-refractivity contribution in [3.05, 3.63) is 102 Å². The van der Waals surface area contributed by atoms with E-state index in [1.54, 1.807) is 73.1 Å². The standard InChI is InChI=1S/C33H33FN6O3S/c1-21-17-24(19-35-18-21)38-33-37-16-14-29(39-33)27-9-6-15-36-32(27)43-31-22(2)10-11-25-26(31)12-13-28(34)30(25)40-44(41,42)20-23-7-4-3-5-8-23/h3-16,21,24,35,40H,17-20H2,1-2H3,(H,37,38,39)/t21-,24+/m1/s1. The van der Waals surface area contributed by atoms with Crippen LogP contribution in [0.15, 0.2) is 85.2 Å². The SMILES string of the molecule is Cc1ccc2c(NS(=O)(=O)Cc3ccccc3)c(F)ccc2c1Oc1ncccc1-c1ccnc(N[C@@H]2CNC[C@H](C)C2)n1. The fraction of sp³-hybridized carbons (Fsp3) is 0.242. The van der Waals surface area contributed by atoms with E-state index in [0.29, 0.717) is 51.1 Å². The van der Waals surface area contributed by atoms with E-state index in [-0.39, 0.29) is 17.5 Å². The van der Waals surface area contributed by atoms with Gasteiger partial charge in [0.25, 0.3) is 0 Å². The molecule has 0 aliphatic carbocycles. The Hall–Kier alpha value is -4.61. The molecule has 0 spiro atoms. The number of anilines is 2. The summed E-state index contributed by atoms with van der Waals surface area (Å²) >= 11 is 0. The van der Waals surface area contributed by atoms with E-state index in [4.69, 9.17) is 9.72 Å². The highest BCUT2D eigenvalue weighted by atomic mass is 32.2. The van der Waals surface area contributed by atoms with E-state index >= 15 is 4.39 Å². The summed E-state index contributed by atoms with van der Waals surface area (Å²) in [7, 11) is -3.91. The zero-order valence-electron chi connectivity index (χ0n) is 24.4. The quantitative estimate of drug-likeness (QED) is 0.178. The molecule has 3 N–H and O–H groups in total. The summed E-state index contributed by atoms with van der Waals surface area (Å²) in [5.74, 6) is 0.826. The van der Waals surface area contributed by atoms with Gasteiger partial charge in [0.15, 0.2) is 0 Å². The van der Waals surface area contributed by atoms with E-state index in [1.807, 2.05) is 13.0 Å². The van der Waals surface area contributed by atoms with Crippen molar-refractivity contribution in [2.75, 3.05) is 23.1 Å². The van der Waals surface area contributed by atoms with Crippen molar-refractivity contribution >= 4 is 32.4 Å². The highest BCUT2D eigenvalue weighted by Gasteiger charge is 2.22. The van der Waals surface area contributed by atoms with E-state index in [1.165, 1.54) is 6.07 Å². The molecular formula is C33H33FN6O3S. The molecule has 2 atom stereocenters. The molecule has 0 unspecified atom stereocenters. The molecule has 3 aromatic carbocycles. The number of piperidine rings is 1. The number of benzene rings is 3. The first-order valence-corrected chi connectivity index (χ1v) is 16.1. The monoisotopic (exact) mass is 612 g/mol. The average Bonchev–Trinajstić information content (AvgIpc) is 3.00. The lowest BCUT2D eigenvalue weighted by molar-refractivity contribution is 0.377. The van der Waals surface area contributed by atoms with Crippen molar-refractivity contribution in [3.8, 4) is 22.9 Å². The number of sulfonamides is 1. The molecule has 2 aromatic heterocycles. The third-order valence-electron chi connectivity index (χ3n) is 7.56. The topological polar surface area (TPSA) is 118 Å². The molecule has 11 heteroatoms. The fourth-order valence-electron chi connectivity index (χ4n) is 5.48. The number of rotatable bonds is 9. The number of ether oxygens (including phenoxy) is 1. The summed E-state index contributed by atoms with van der Waals surface area (Å²) in [6.07, 6.45) is 4.34. The number of hydrogen-bond donors (Lipinski definition) is 3. The van der Waals surface area contributed by atoms with Crippen LogP contribution in [0.5, 0.6) is 11.6 Å². The summed E-state index contributed by atoms with van der Waals surface area (Å²) in [5.41, 5.74) is 2.50. The van der Waals surface area contributed by atoms with Crippen molar-refractivity contribution < 1.29 is 17.5 Å². The number of aryl methyl sites for hydroxylation is 1. The highest BCUT2D eigenvalue weighted by molar-refractivity contribution is 7.91. The van der Waals surface area contributed by atoms with E-state index in [2.05, 4.69) is 32.2 Å². The van der Waals surface area contributed by atoms with Crippen LogP contribution in [0.4, 0.5) is 16.0 Å². The Morgan fingerprint density at radius 2 is 1.77 bits per heavy atom. The summed E-state index contributed by atoms with van der Waals surface area (Å²) < 4.78 is 50.1. The molecular weight excluding hydrogens is 579 g/mol. The van der Waals surface area contributed by atoms with E-state index in [9.17, 15) is 8.42 Å². The number of hydrogen-bond acceptors (Lipinski definition) is 8. The van der Waals surface area contributed by atoms with Crippen molar-refractivity contribution in [3.63, 3.8) is 0 Å². The Bertz CT molecular complexity index is 1910. The summed E-state index contributed by atoms with van der Waals surface area (Å²) in [4.78, 5) is 13.7. The van der Waals surface area contributed by atoms with Crippen molar-refractivity contribution in [1.82, 2.24) is 20.3 Å². The molecule has 0 saturated carbocycles. The minimum atomic E-state index is -3.91. The third-order valence-corrected chi connectivity index (χ3v) is 8.79. The predicted molar refractivity (Wildman–Crippen MR) is 171 cm³/mol. The zero-order chi connectivity index (χ0) is 30.7. The molecule has 0 radical (unpaired) electrons. The first-order chi connectivity index (χ1) is 21.3. The molecule has 44 heavy (non-hydrogen) atoms. The van der Waals surface area contributed by atoms with E-state index < -0.39 is 15.8 Å². The Morgan fingerprint density at radius 3 is 2.59 bits per heavy atom. The Kier molecular flexibility index (Phi) is 8.40. The van der Waals surface area contributed by atoms with Crippen molar-refractivity contribution in [1.29, 1.82) is 0 Å². The number of aromatic nitrogens is 3. The second-order valence-electron chi connectivity index (χ2n) is 11.1. The first-order valence-electron chi connectivity index (χ1n) is 14.5. The second kappa shape index (κ2) is 12.6. The average molecular weight is 613 g/mol. The Morgan fingerprint density at radius 1 is 0.955 bits per heavy atom. The van der Waals surface area contributed by atoms with Gasteiger partial charge in [0, 0.05) is 35.8 Å². The lowest BCUT2D eigenvalue weighted by Gasteiger charge is -2.28. The zero-order valence-corrected chi connectivity index (χ0v) is 25.2. The van der Waals surface area contributed by atoms with Gasteiger partial charge in [0.1, 0.15) is 11.6 Å². The van der Waals surface area contributed by atoms with Crippen LogP contribution in [0.3, 0.4) is 0 Å². The van der Waals surface area contributed by atoms with Crippen molar-refractivity contribution in [2.45, 2.75) is 32.1 Å². The molecule has 0 bridgehead atoms. The predicted octanol–water partition coefficient (Wildman–Crippen LogP) is 6.28. The van der Waals surface area contributed by atoms with Crippen LogP contribution in [0.2, 0.25) is 0 Å². The normalized spacial score (nSPS) is 16.9. The molecule has 6 rings (SSSR count). The largest absolute Gasteiger partial charge is 0.437 e. The van der Waals surface area contributed by atoms with Crippen LogP contribution in [-0.2, 0) is 15.8 Å². The first kappa shape index (κ1) is 29.5. The molecule has 1 fully saturated rings. The van der Waals surface area contributed by atoms with E-state index in [0.717, 1.165) is 25.1 Å². The van der Waals surface area contributed by atoms with Gasteiger partial charge in [-0.25, -0.2) is 27.8 Å². The molecule has 226 valence electrons. The lowest BCUT2D eigenvalue weighted by Crippen LogP contribution is -2.42. The van der Waals surface area contributed by atoms with Crippen LogP contribution in [0, 0.1) is 18.7 Å². The van der Waals surface area contributed by atoms with Crippen molar-refractivity contribution in [2.24, 2.45) is 5.92 Å². The number of fused-ring (bicyclic) bond motifs is 1. The van der Waals surface area contributed by atoms with Gasteiger partial charge in [-0.1, -0.05) is 49.4 Å². The number of pyridine rings is 1. The van der Waals surface area contributed by atoms with Gasteiger partial charge in [-0.3, -0.25) is 4.72 Å². The van der Waals surface area contributed by atoms with Gasteiger partial charge >= 0.3 is 0 Å². The molecule has 5 aromatic rings. The summed E-state index contributed by atoms with van der Waals surface area (Å²) in [5, 5.41) is 7.76. The number of nitrogens with zero attached hydrogens (tertiary/aromatic N) is 3. The van der Waals surface area contributed by atoms with Crippen LogP contribution < -0.4 is 20.1 Å². The minimum Gasteiger partial charge on any atom is -0.437 e. The molecule has 1 saturated heterocycles. The molecule has 0 amide bonds. The second-order valence-corrected chi connectivity index (χ2v) is 12.9. The highest BCUT2D eigenvalue weighted by Crippen LogP contribution is 2.39. The van der Waals surface area contributed by atoms with Crippen LogP contribution in [0.25, 0.3) is 22.0 Å². The molecule has 1 aliphatic rings. The number of halogens is 1. The van der Waals surface area contributed by atoms with Crippen LogP contribution in [0.1, 0.15) is 24.5 Å². The third kappa shape index (κ3) is 6.63. The molecule has 3 heterocycles. The van der Waals surface area contributed by atoms with Gasteiger partial charge in [-0.2, -0.15) is 0 Å². The summed E-state index contributed by atoms with van der Waals surface area (Å²) in [6.45, 7) is 5.91. The van der Waals surface area contributed by atoms with Crippen LogP contribution >= 0.6 is 0 Å². The van der Waals surface area contributed by atoms with Crippen LogP contribution in [-0.4, -0.2) is 42.5 Å². The summed E-state index contributed by atoms with van der Waals surface area (Å²) in [6, 6.07) is 20.7. The molecule has 9 nitrogen and oxygen atoms in total. The maximum absolute atomic E-state index is 15.2. The minimum absolute atomic E-state index is 0.137. The fourth-order valence-corrected chi connectivity index (χ4v) is 6.70. The maximum atomic E-state index is 15.2. The van der Waals surface area contributed by atoms with Gasteiger partial charge in [0.05, 0.1) is 22.7 Å². The maximum Gasteiger partial charge on any atom is 0.237 e. The van der Waals surface area contributed by atoms with Gasteiger partial charge in [-0.05, 0) is 67.3 Å². The Labute approximate surface area is 256 Å². The van der Waals surface area contributed by atoms with Gasteiger partial charge in [0.2, 0.25) is 21.9 Å². The van der Waals surface area contributed by atoms with Gasteiger partial charge in [-0.15, -0.1) is 0 Å². The Balaban J connectivity index is 1.32. The number of nitrogens with one attached hydrogen (secondary N) is 3. The lowest BCUT2D eigenvalue weighted by atomic mass is 9.98. The van der Waals surface area contributed by atoms with Gasteiger partial charge < -0.3 is 15.4 Å². The molecule has 1 aliphatic heterocycles. The smallest absolute Gasteiger partial charge is 0.237 e.